The number of halogens is 3. The zero-order valence-electron chi connectivity index (χ0n) is 7.62. The average molecular weight is 238 g/mol. The van der Waals surface area contributed by atoms with E-state index in [2.05, 4.69) is 0 Å². The summed E-state index contributed by atoms with van der Waals surface area (Å²) in [5.74, 6) is -2.03. The van der Waals surface area contributed by atoms with E-state index in [1.165, 1.54) is 0 Å². The van der Waals surface area contributed by atoms with Crippen molar-refractivity contribution in [3.8, 4) is 0 Å². The fourth-order valence-electron chi connectivity index (χ4n) is 1.16. The van der Waals surface area contributed by atoms with E-state index in [1.54, 1.807) is 0 Å². The van der Waals surface area contributed by atoms with Crippen molar-refractivity contribution in [1.82, 2.24) is 0 Å². The Morgan fingerprint density at radius 1 is 1.27 bits per heavy atom. The Labute approximate surface area is 90.1 Å². The molecule has 4 N–H and O–H groups in total. The highest BCUT2D eigenvalue weighted by atomic mass is 35.5. The van der Waals surface area contributed by atoms with E-state index in [-0.39, 0.29) is 11.6 Å². The van der Waals surface area contributed by atoms with E-state index in [0.717, 1.165) is 12.1 Å². The molecule has 0 aliphatic rings. The molecule has 0 spiro atoms. The Bertz CT molecular complexity index is 339. The number of nitrogens with two attached hydrogens (primary N) is 1. The van der Waals surface area contributed by atoms with Crippen molar-refractivity contribution in [3.63, 3.8) is 0 Å². The molecule has 0 aliphatic carbocycles. The van der Waals surface area contributed by atoms with Gasteiger partial charge in [0.1, 0.15) is 17.7 Å². The maximum atomic E-state index is 13.2. The van der Waals surface area contributed by atoms with Gasteiger partial charge in [0.25, 0.3) is 0 Å². The Morgan fingerprint density at radius 2 is 1.73 bits per heavy atom. The van der Waals surface area contributed by atoms with Crippen LogP contribution in [0.15, 0.2) is 12.1 Å². The highest BCUT2D eigenvalue weighted by molar-refractivity contribution is 6.30. The molecule has 0 aromatic heterocycles. The molecule has 0 heterocycles. The van der Waals surface area contributed by atoms with E-state index in [0.29, 0.717) is 0 Å². The molecule has 3 nitrogen and oxygen atoms in total. The van der Waals surface area contributed by atoms with Gasteiger partial charge in [0.15, 0.2) is 0 Å². The molecule has 0 saturated heterocycles. The van der Waals surface area contributed by atoms with Crippen molar-refractivity contribution < 1.29 is 19.0 Å². The second-order valence-electron chi connectivity index (χ2n) is 3.03. The summed E-state index contributed by atoms with van der Waals surface area (Å²) in [7, 11) is 0. The van der Waals surface area contributed by atoms with E-state index in [9.17, 15) is 13.9 Å². The first-order valence-corrected chi connectivity index (χ1v) is 4.55. The molecule has 1 aromatic rings. The average Bonchev–Trinajstić information content (AvgIpc) is 2.14. The van der Waals surface area contributed by atoms with Crippen LogP contribution in [0.1, 0.15) is 11.7 Å². The van der Waals surface area contributed by atoms with Crippen LogP contribution in [0.2, 0.25) is 5.02 Å². The first-order valence-electron chi connectivity index (χ1n) is 4.18. The van der Waals surface area contributed by atoms with E-state index in [1.807, 2.05) is 0 Å². The van der Waals surface area contributed by atoms with Gasteiger partial charge in [0, 0.05) is 11.6 Å². The first-order chi connectivity index (χ1) is 6.97. The number of aliphatic hydroxyl groups excluding tert-OH is 2. The molecule has 0 fully saturated rings. The van der Waals surface area contributed by atoms with Crippen molar-refractivity contribution in [3.05, 3.63) is 34.4 Å². The quantitative estimate of drug-likeness (QED) is 0.734. The molecule has 84 valence electrons. The lowest BCUT2D eigenvalue weighted by Crippen LogP contribution is -2.28. The Balaban J connectivity index is 3.13. The molecule has 0 amide bonds. The van der Waals surface area contributed by atoms with Gasteiger partial charge in [-0.05, 0) is 12.1 Å². The van der Waals surface area contributed by atoms with E-state index >= 15 is 0 Å². The Kier molecular flexibility index (Phi) is 3.98. The predicted molar refractivity (Wildman–Crippen MR) is 51.4 cm³/mol. The van der Waals surface area contributed by atoms with Crippen LogP contribution in [0.5, 0.6) is 0 Å². The number of rotatable bonds is 3. The van der Waals surface area contributed by atoms with Crippen LogP contribution in [-0.2, 0) is 0 Å². The fraction of sp³-hybridized carbons (Fsp3) is 0.333. The van der Waals surface area contributed by atoms with Crippen molar-refractivity contribution in [1.29, 1.82) is 0 Å². The Morgan fingerprint density at radius 3 is 2.13 bits per heavy atom. The SMILES string of the molecule is NCC(O)C(O)c1c(F)cc(Cl)cc1F. The summed E-state index contributed by atoms with van der Waals surface area (Å²) in [6, 6.07) is 1.71. The molecule has 0 radical (unpaired) electrons. The van der Waals surface area contributed by atoms with Crippen molar-refractivity contribution in [2.75, 3.05) is 6.54 Å². The summed E-state index contributed by atoms with van der Waals surface area (Å²) in [6.07, 6.45) is -3.12. The monoisotopic (exact) mass is 237 g/mol. The van der Waals surface area contributed by atoms with Crippen molar-refractivity contribution in [2.45, 2.75) is 12.2 Å². The van der Waals surface area contributed by atoms with Crippen LogP contribution < -0.4 is 5.73 Å². The van der Waals surface area contributed by atoms with Crippen LogP contribution in [0.4, 0.5) is 8.78 Å². The molecule has 1 aromatic carbocycles. The molecule has 0 saturated carbocycles. The van der Waals surface area contributed by atoms with Gasteiger partial charge in [-0.3, -0.25) is 0 Å². The lowest BCUT2D eigenvalue weighted by Gasteiger charge is -2.17. The maximum absolute atomic E-state index is 13.2. The minimum atomic E-state index is -1.70. The van der Waals surface area contributed by atoms with Gasteiger partial charge < -0.3 is 15.9 Å². The summed E-state index contributed by atoms with van der Waals surface area (Å²) in [5.41, 5.74) is 4.43. The summed E-state index contributed by atoms with van der Waals surface area (Å²) in [5, 5.41) is 18.4. The Hall–Kier alpha value is -0.750. The molecule has 2 atom stereocenters. The zero-order chi connectivity index (χ0) is 11.6. The third kappa shape index (κ3) is 2.63. The van der Waals surface area contributed by atoms with Gasteiger partial charge >= 0.3 is 0 Å². The van der Waals surface area contributed by atoms with Gasteiger partial charge in [-0.2, -0.15) is 0 Å². The second kappa shape index (κ2) is 4.85. The normalized spacial score (nSPS) is 15.1. The lowest BCUT2D eigenvalue weighted by molar-refractivity contribution is 0.0199. The summed E-state index contributed by atoms with van der Waals surface area (Å²) in [4.78, 5) is 0. The van der Waals surface area contributed by atoms with Gasteiger partial charge in [-0.15, -0.1) is 0 Å². The minimum absolute atomic E-state index is 0.122. The minimum Gasteiger partial charge on any atom is -0.389 e. The van der Waals surface area contributed by atoms with E-state index < -0.39 is 29.4 Å². The van der Waals surface area contributed by atoms with E-state index in [4.69, 9.17) is 22.4 Å². The zero-order valence-corrected chi connectivity index (χ0v) is 8.38. The van der Waals surface area contributed by atoms with Crippen molar-refractivity contribution >= 4 is 11.6 Å². The third-order valence-electron chi connectivity index (χ3n) is 1.95. The molecule has 15 heavy (non-hydrogen) atoms. The smallest absolute Gasteiger partial charge is 0.133 e. The number of benzene rings is 1. The van der Waals surface area contributed by atoms with Crippen LogP contribution in [0.3, 0.4) is 0 Å². The molecule has 0 aliphatic heterocycles. The fourth-order valence-corrected chi connectivity index (χ4v) is 1.35. The molecular formula is C9H10ClF2NO2. The van der Waals surface area contributed by atoms with Gasteiger partial charge in [-0.1, -0.05) is 11.6 Å². The van der Waals surface area contributed by atoms with Gasteiger partial charge in [0.2, 0.25) is 0 Å². The molecule has 0 bridgehead atoms. The maximum Gasteiger partial charge on any atom is 0.133 e. The first kappa shape index (κ1) is 12.3. The van der Waals surface area contributed by atoms with Crippen LogP contribution in [-0.4, -0.2) is 22.9 Å². The predicted octanol–water partition coefficient (Wildman–Crippen LogP) is 0.971. The molecule has 1 rings (SSSR count). The molecular weight excluding hydrogens is 228 g/mol. The lowest BCUT2D eigenvalue weighted by atomic mass is 10.0. The number of aliphatic hydroxyl groups is 2. The topological polar surface area (TPSA) is 66.5 Å². The number of hydrogen-bond acceptors (Lipinski definition) is 3. The largest absolute Gasteiger partial charge is 0.389 e. The summed E-state index contributed by atoms with van der Waals surface area (Å²) < 4.78 is 26.4. The summed E-state index contributed by atoms with van der Waals surface area (Å²) >= 11 is 5.39. The van der Waals surface area contributed by atoms with Crippen LogP contribution in [0, 0.1) is 11.6 Å². The van der Waals surface area contributed by atoms with Crippen LogP contribution >= 0.6 is 11.6 Å². The van der Waals surface area contributed by atoms with Crippen LogP contribution in [0.25, 0.3) is 0 Å². The van der Waals surface area contributed by atoms with Gasteiger partial charge in [-0.25, -0.2) is 8.78 Å². The number of hydrogen-bond donors (Lipinski definition) is 3. The molecule has 6 heteroatoms. The summed E-state index contributed by atoms with van der Waals surface area (Å²) in [6.45, 7) is -0.303. The third-order valence-corrected chi connectivity index (χ3v) is 2.16. The highest BCUT2D eigenvalue weighted by Gasteiger charge is 2.24. The molecule has 2 unspecified atom stereocenters. The van der Waals surface area contributed by atoms with Gasteiger partial charge in [0.05, 0.1) is 11.7 Å². The van der Waals surface area contributed by atoms with Crippen molar-refractivity contribution in [2.24, 2.45) is 5.73 Å². The standard InChI is InChI=1S/C9H10ClF2NO2/c10-4-1-5(11)8(6(12)2-4)9(15)7(14)3-13/h1-2,7,9,14-15H,3,13H2. The second-order valence-corrected chi connectivity index (χ2v) is 3.47. The highest BCUT2D eigenvalue weighted by Crippen LogP contribution is 2.26.